The van der Waals surface area contributed by atoms with E-state index in [1.54, 1.807) is 24.3 Å². The van der Waals surface area contributed by atoms with Crippen LogP contribution in [0.5, 0.6) is 0 Å². The van der Waals surface area contributed by atoms with Crippen LogP contribution >= 0.6 is 0 Å². The third-order valence-corrected chi connectivity index (χ3v) is 1.98. The number of aliphatic carboxylic acids is 1. The number of carbonyl (C=O) groups is 3. The van der Waals surface area contributed by atoms with Crippen LogP contribution in [0.3, 0.4) is 0 Å². The minimum atomic E-state index is -1.56. The molecule has 84 valence electrons. The van der Waals surface area contributed by atoms with Crippen molar-refractivity contribution in [3.63, 3.8) is 0 Å². The largest absolute Gasteiger partial charge is 0.474 e. The fourth-order valence-electron chi connectivity index (χ4n) is 1.25. The van der Waals surface area contributed by atoms with Gasteiger partial charge in [-0.05, 0) is 5.56 Å². The van der Waals surface area contributed by atoms with Crippen LogP contribution in [0.25, 0.3) is 0 Å². The number of carbonyl (C=O) groups excluding carboxylic acids is 2. The average Bonchev–Trinajstić information content (AvgIpc) is 2.29. The second kappa shape index (κ2) is 5.65. The maximum absolute atomic E-state index is 11.2. The van der Waals surface area contributed by atoms with Gasteiger partial charge in [0.25, 0.3) is 0 Å². The molecule has 1 amide bonds. The van der Waals surface area contributed by atoms with Crippen LogP contribution in [0.15, 0.2) is 30.3 Å². The molecule has 5 heteroatoms. The van der Waals surface area contributed by atoms with Gasteiger partial charge in [0.15, 0.2) is 0 Å². The molecule has 0 saturated heterocycles. The lowest BCUT2D eigenvalue weighted by Gasteiger charge is -2.17. The summed E-state index contributed by atoms with van der Waals surface area (Å²) in [5, 5.41) is 8.55. The topological polar surface area (TPSA) is 74.7 Å². The number of amides is 1. The molecular formula is C11H11NO4. The molecule has 1 rings (SSSR count). The predicted molar refractivity (Wildman–Crippen MR) is 55.6 cm³/mol. The van der Waals surface area contributed by atoms with Crippen LogP contribution < -0.4 is 0 Å². The predicted octanol–water partition coefficient (Wildman–Crippen LogP) is 0.299. The Balaban J connectivity index is 2.76. The van der Waals surface area contributed by atoms with Crippen LogP contribution in [0.1, 0.15) is 5.56 Å². The smallest absolute Gasteiger partial charge is 0.394 e. The molecule has 16 heavy (non-hydrogen) atoms. The van der Waals surface area contributed by atoms with Gasteiger partial charge in [-0.25, -0.2) is 4.79 Å². The van der Waals surface area contributed by atoms with Gasteiger partial charge in [0.2, 0.25) is 0 Å². The molecular weight excluding hydrogens is 210 g/mol. The summed E-state index contributed by atoms with van der Waals surface area (Å²) in [7, 11) is 0. The zero-order chi connectivity index (χ0) is 12.0. The molecule has 0 fully saturated rings. The average molecular weight is 221 g/mol. The molecule has 0 radical (unpaired) electrons. The molecule has 0 bridgehead atoms. The van der Waals surface area contributed by atoms with Crippen LogP contribution in [0, 0.1) is 0 Å². The number of hydrogen-bond acceptors (Lipinski definition) is 3. The van der Waals surface area contributed by atoms with Gasteiger partial charge in [-0.2, -0.15) is 0 Å². The van der Waals surface area contributed by atoms with Crippen molar-refractivity contribution < 1.29 is 19.5 Å². The number of carboxylic acid groups (broad SMARTS) is 1. The summed E-state index contributed by atoms with van der Waals surface area (Å²) in [5.41, 5.74) is 0.777. The summed E-state index contributed by atoms with van der Waals surface area (Å²) in [4.78, 5) is 33.0. The fourth-order valence-corrected chi connectivity index (χ4v) is 1.25. The summed E-state index contributed by atoms with van der Waals surface area (Å²) in [5.74, 6) is -2.63. The second-order valence-electron chi connectivity index (χ2n) is 3.14. The van der Waals surface area contributed by atoms with E-state index in [-0.39, 0.29) is 13.1 Å². The van der Waals surface area contributed by atoms with E-state index < -0.39 is 11.9 Å². The SMILES string of the molecule is O=CCN(Cc1ccccc1)C(=O)C(=O)O. The lowest BCUT2D eigenvalue weighted by molar-refractivity contribution is -0.156. The van der Waals surface area contributed by atoms with Crippen molar-refractivity contribution in [1.29, 1.82) is 0 Å². The number of nitrogens with zero attached hydrogens (tertiary/aromatic N) is 1. The minimum absolute atomic E-state index is 0.116. The number of carboxylic acids is 1. The molecule has 0 saturated carbocycles. The summed E-state index contributed by atoms with van der Waals surface area (Å²) in [6.45, 7) is -0.106. The first kappa shape index (κ1) is 11.9. The van der Waals surface area contributed by atoms with E-state index in [1.165, 1.54) is 0 Å². The van der Waals surface area contributed by atoms with Gasteiger partial charge in [0.05, 0.1) is 6.54 Å². The first-order valence-electron chi connectivity index (χ1n) is 4.65. The van der Waals surface area contributed by atoms with E-state index in [2.05, 4.69) is 0 Å². The van der Waals surface area contributed by atoms with Crippen LogP contribution in [-0.4, -0.2) is 34.7 Å². The van der Waals surface area contributed by atoms with Crippen molar-refractivity contribution >= 4 is 18.2 Å². The first-order chi connectivity index (χ1) is 7.65. The number of aldehydes is 1. The van der Waals surface area contributed by atoms with E-state index in [0.29, 0.717) is 6.29 Å². The van der Waals surface area contributed by atoms with Gasteiger partial charge in [-0.1, -0.05) is 30.3 Å². The van der Waals surface area contributed by atoms with Gasteiger partial charge >= 0.3 is 11.9 Å². The molecule has 0 aliphatic carbocycles. The van der Waals surface area contributed by atoms with Gasteiger partial charge < -0.3 is 14.8 Å². The molecule has 0 heterocycles. The molecule has 1 N–H and O–H groups in total. The Hall–Kier alpha value is -2.17. The number of benzene rings is 1. The van der Waals surface area contributed by atoms with Gasteiger partial charge in [-0.15, -0.1) is 0 Å². The molecule has 1 aromatic rings. The zero-order valence-electron chi connectivity index (χ0n) is 8.50. The Labute approximate surface area is 92.3 Å². The van der Waals surface area contributed by atoms with E-state index in [0.717, 1.165) is 10.5 Å². The summed E-state index contributed by atoms with van der Waals surface area (Å²) in [6, 6.07) is 8.88. The van der Waals surface area contributed by atoms with Crippen LogP contribution in [0.4, 0.5) is 0 Å². The third-order valence-electron chi connectivity index (χ3n) is 1.98. The molecule has 0 aliphatic rings. The van der Waals surface area contributed by atoms with Crippen molar-refractivity contribution in [3.8, 4) is 0 Å². The van der Waals surface area contributed by atoms with E-state index in [4.69, 9.17) is 5.11 Å². The van der Waals surface area contributed by atoms with Crippen LogP contribution in [-0.2, 0) is 20.9 Å². The summed E-state index contributed by atoms with van der Waals surface area (Å²) in [6.07, 6.45) is 0.504. The van der Waals surface area contributed by atoms with Crippen molar-refractivity contribution in [2.45, 2.75) is 6.54 Å². The first-order valence-corrected chi connectivity index (χ1v) is 4.65. The third kappa shape index (κ3) is 3.20. The monoisotopic (exact) mass is 221 g/mol. The van der Waals surface area contributed by atoms with E-state index >= 15 is 0 Å². The van der Waals surface area contributed by atoms with Gasteiger partial charge in [-0.3, -0.25) is 4.79 Å². The normalized spacial score (nSPS) is 9.50. The highest BCUT2D eigenvalue weighted by molar-refractivity contribution is 6.31. The molecule has 0 aromatic heterocycles. The van der Waals surface area contributed by atoms with Crippen LogP contribution in [0.2, 0.25) is 0 Å². The fraction of sp³-hybridized carbons (Fsp3) is 0.182. The van der Waals surface area contributed by atoms with E-state index in [1.807, 2.05) is 6.07 Å². The van der Waals surface area contributed by atoms with Gasteiger partial charge in [0, 0.05) is 6.54 Å². The number of hydrogen-bond donors (Lipinski definition) is 1. The molecule has 5 nitrogen and oxygen atoms in total. The maximum Gasteiger partial charge on any atom is 0.394 e. The Morgan fingerprint density at radius 3 is 2.38 bits per heavy atom. The van der Waals surface area contributed by atoms with Crippen molar-refractivity contribution in [1.82, 2.24) is 4.90 Å². The summed E-state index contributed by atoms with van der Waals surface area (Å²) < 4.78 is 0. The quantitative estimate of drug-likeness (QED) is 0.586. The Morgan fingerprint density at radius 2 is 1.88 bits per heavy atom. The highest BCUT2D eigenvalue weighted by Gasteiger charge is 2.20. The summed E-state index contributed by atoms with van der Waals surface area (Å²) >= 11 is 0. The molecule has 0 unspecified atom stereocenters. The van der Waals surface area contributed by atoms with Crippen molar-refractivity contribution in [2.24, 2.45) is 0 Å². The molecule has 0 aliphatic heterocycles. The minimum Gasteiger partial charge on any atom is -0.474 e. The lowest BCUT2D eigenvalue weighted by atomic mass is 10.2. The highest BCUT2D eigenvalue weighted by atomic mass is 16.4. The maximum atomic E-state index is 11.2. The second-order valence-corrected chi connectivity index (χ2v) is 3.14. The van der Waals surface area contributed by atoms with E-state index in [9.17, 15) is 14.4 Å². The molecule has 0 spiro atoms. The lowest BCUT2D eigenvalue weighted by Crippen LogP contribution is -2.37. The number of rotatable bonds is 4. The van der Waals surface area contributed by atoms with Crippen molar-refractivity contribution in [2.75, 3.05) is 6.54 Å². The Kier molecular flexibility index (Phi) is 4.20. The molecule has 0 atom stereocenters. The molecule has 1 aromatic carbocycles. The zero-order valence-corrected chi connectivity index (χ0v) is 8.50. The Morgan fingerprint density at radius 1 is 1.25 bits per heavy atom. The van der Waals surface area contributed by atoms with Crippen molar-refractivity contribution in [3.05, 3.63) is 35.9 Å². The standard InChI is InChI=1S/C11H11NO4/c13-7-6-12(10(14)11(15)16)8-9-4-2-1-3-5-9/h1-5,7H,6,8H2,(H,15,16). The Bertz CT molecular complexity index is 388. The highest BCUT2D eigenvalue weighted by Crippen LogP contribution is 2.04. The van der Waals surface area contributed by atoms with Gasteiger partial charge in [0.1, 0.15) is 6.29 Å².